The quantitative estimate of drug-likeness (QED) is 0.426. The Morgan fingerprint density at radius 1 is 1.04 bits per heavy atom. The second kappa shape index (κ2) is 8.24. The van der Waals surface area contributed by atoms with Gasteiger partial charge in [-0.15, -0.1) is 23.7 Å². The molecule has 0 unspecified atom stereocenters. The van der Waals surface area contributed by atoms with Gasteiger partial charge < -0.3 is 15.2 Å². The van der Waals surface area contributed by atoms with Crippen LogP contribution in [0.25, 0.3) is 21.3 Å². The fourth-order valence-corrected chi connectivity index (χ4v) is 3.68. The van der Waals surface area contributed by atoms with Crippen molar-refractivity contribution < 1.29 is 9.84 Å². The van der Waals surface area contributed by atoms with Crippen LogP contribution in [0.5, 0.6) is 11.5 Å². The Morgan fingerprint density at radius 2 is 1.78 bits per heavy atom. The topological polar surface area (TPSA) is 67.3 Å². The lowest BCUT2D eigenvalue weighted by molar-refractivity contribution is 0.340. The fourth-order valence-electron chi connectivity index (χ4n) is 2.76. The van der Waals surface area contributed by atoms with Crippen molar-refractivity contribution in [3.63, 3.8) is 0 Å². The number of ether oxygens (including phenoxy) is 1. The molecule has 0 atom stereocenters. The summed E-state index contributed by atoms with van der Waals surface area (Å²) >= 11 is 1.59. The van der Waals surface area contributed by atoms with Crippen LogP contribution in [0.2, 0.25) is 0 Å². The van der Waals surface area contributed by atoms with E-state index in [0.717, 1.165) is 38.6 Å². The van der Waals surface area contributed by atoms with Crippen LogP contribution in [0, 0.1) is 0 Å². The molecule has 0 aliphatic carbocycles. The molecule has 0 saturated heterocycles. The molecule has 0 amide bonds. The Morgan fingerprint density at radius 3 is 2.48 bits per heavy atom. The number of rotatable bonds is 5. The molecular formula is C20H18ClN3O2S. The van der Waals surface area contributed by atoms with E-state index in [0.29, 0.717) is 6.61 Å². The summed E-state index contributed by atoms with van der Waals surface area (Å²) in [4.78, 5) is 9.74. The number of benzene rings is 2. The average Bonchev–Trinajstić information content (AvgIpc) is 3.10. The van der Waals surface area contributed by atoms with Gasteiger partial charge in [0, 0.05) is 16.6 Å². The van der Waals surface area contributed by atoms with Crippen LogP contribution in [0.15, 0.2) is 60.2 Å². The number of hydrogen-bond acceptors (Lipinski definition) is 6. The Balaban J connectivity index is 0.00000210. The highest BCUT2D eigenvalue weighted by Crippen LogP contribution is 2.38. The highest BCUT2D eigenvalue weighted by atomic mass is 35.5. The number of phenolic OH excluding ortho intramolecular Hbond substituents is 1. The van der Waals surface area contributed by atoms with Gasteiger partial charge in [0.05, 0.1) is 12.0 Å². The van der Waals surface area contributed by atoms with E-state index in [1.54, 1.807) is 29.8 Å². The molecule has 7 heteroatoms. The van der Waals surface area contributed by atoms with Crippen molar-refractivity contribution in [3.8, 4) is 22.6 Å². The maximum absolute atomic E-state index is 9.45. The monoisotopic (exact) mass is 399 g/mol. The summed E-state index contributed by atoms with van der Waals surface area (Å²) in [5.74, 6) is 1.83. The van der Waals surface area contributed by atoms with Gasteiger partial charge in [0.15, 0.2) is 0 Å². The molecule has 0 spiro atoms. The van der Waals surface area contributed by atoms with E-state index in [4.69, 9.17) is 4.74 Å². The number of fused-ring (bicyclic) bond motifs is 1. The highest BCUT2D eigenvalue weighted by molar-refractivity contribution is 7.17. The molecule has 0 aliphatic heterocycles. The summed E-state index contributed by atoms with van der Waals surface area (Å²) in [5, 5.41) is 15.9. The zero-order chi connectivity index (χ0) is 17.9. The van der Waals surface area contributed by atoms with Gasteiger partial charge in [-0.3, -0.25) is 0 Å². The molecule has 0 radical (unpaired) electrons. The zero-order valence-electron chi connectivity index (χ0n) is 14.5. The molecular weight excluding hydrogens is 382 g/mol. The second-order valence-corrected chi connectivity index (χ2v) is 6.54. The van der Waals surface area contributed by atoms with Gasteiger partial charge in [0.2, 0.25) is 0 Å². The Bertz CT molecular complexity index is 1030. The first-order chi connectivity index (χ1) is 12.7. The molecule has 2 aromatic heterocycles. The lowest BCUT2D eigenvalue weighted by Gasteiger charge is -2.09. The lowest BCUT2D eigenvalue weighted by atomic mass is 10.1. The summed E-state index contributed by atoms with van der Waals surface area (Å²) in [6, 6.07) is 14.9. The van der Waals surface area contributed by atoms with E-state index in [1.807, 2.05) is 43.3 Å². The minimum Gasteiger partial charge on any atom is -0.508 e. The van der Waals surface area contributed by atoms with Gasteiger partial charge >= 0.3 is 0 Å². The number of hydrogen-bond donors (Lipinski definition) is 2. The van der Waals surface area contributed by atoms with Crippen LogP contribution in [-0.4, -0.2) is 21.7 Å². The zero-order valence-corrected chi connectivity index (χ0v) is 16.2. The van der Waals surface area contributed by atoms with E-state index >= 15 is 0 Å². The molecule has 0 aliphatic rings. The number of thiophene rings is 1. The Hall–Kier alpha value is -2.83. The van der Waals surface area contributed by atoms with Gasteiger partial charge in [0.25, 0.3) is 0 Å². The van der Waals surface area contributed by atoms with E-state index in [-0.39, 0.29) is 18.2 Å². The number of phenols is 1. The third-order valence-corrected chi connectivity index (χ3v) is 4.86. The molecule has 4 rings (SSSR count). The predicted octanol–water partition coefficient (Wildman–Crippen LogP) is 5.63. The van der Waals surface area contributed by atoms with E-state index < -0.39 is 0 Å². The van der Waals surface area contributed by atoms with Gasteiger partial charge in [0.1, 0.15) is 28.5 Å². The molecule has 2 aromatic carbocycles. The Kier molecular flexibility index (Phi) is 5.78. The largest absolute Gasteiger partial charge is 0.508 e. The first-order valence-electron chi connectivity index (χ1n) is 8.26. The van der Waals surface area contributed by atoms with Crippen LogP contribution < -0.4 is 10.1 Å². The number of halogens is 1. The van der Waals surface area contributed by atoms with Crippen molar-refractivity contribution in [1.82, 2.24) is 9.97 Å². The third-order valence-electron chi connectivity index (χ3n) is 3.98. The van der Waals surface area contributed by atoms with Crippen molar-refractivity contribution in [3.05, 3.63) is 60.2 Å². The maximum Gasteiger partial charge on any atom is 0.143 e. The fraction of sp³-hybridized carbons (Fsp3) is 0.100. The SMILES string of the molecule is CCOc1ccc(-c2csc3ncnc(Nc4ccc(O)cc4)c23)cc1.Cl. The van der Waals surface area contributed by atoms with Crippen LogP contribution in [0.3, 0.4) is 0 Å². The van der Waals surface area contributed by atoms with Crippen molar-refractivity contribution in [2.75, 3.05) is 11.9 Å². The molecule has 0 fully saturated rings. The Labute approximate surface area is 167 Å². The van der Waals surface area contributed by atoms with E-state index in [2.05, 4.69) is 20.7 Å². The number of aromatic nitrogens is 2. The maximum atomic E-state index is 9.45. The number of anilines is 2. The van der Waals surface area contributed by atoms with Gasteiger partial charge in [-0.25, -0.2) is 9.97 Å². The highest BCUT2D eigenvalue weighted by Gasteiger charge is 2.13. The van der Waals surface area contributed by atoms with E-state index in [1.165, 1.54) is 0 Å². The molecule has 5 nitrogen and oxygen atoms in total. The van der Waals surface area contributed by atoms with Crippen LogP contribution >= 0.6 is 23.7 Å². The molecule has 0 saturated carbocycles. The summed E-state index contributed by atoms with van der Waals surface area (Å²) in [7, 11) is 0. The molecule has 27 heavy (non-hydrogen) atoms. The van der Waals surface area contributed by atoms with Crippen LogP contribution in [0.4, 0.5) is 11.5 Å². The molecule has 138 valence electrons. The molecule has 0 bridgehead atoms. The van der Waals surface area contributed by atoms with Crippen molar-refractivity contribution in [1.29, 1.82) is 0 Å². The number of nitrogens with zero attached hydrogens (tertiary/aromatic N) is 2. The average molecular weight is 400 g/mol. The van der Waals surface area contributed by atoms with Gasteiger partial charge in [-0.1, -0.05) is 12.1 Å². The molecule has 4 aromatic rings. The normalized spacial score (nSPS) is 10.4. The second-order valence-electron chi connectivity index (χ2n) is 5.68. The van der Waals surface area contributed by atoms with Crippen molar-refractivity contribution in [2.24, 2.45) is 0 Å². The third kappa shape index (κ3) is 3.97. The minimum absolute atomic E-state index is 0. The summed E-state index contributed by atoms with van der Waals surface area (Å²) in [5.41, 5.74) is 3.02. The number of aromatic hydroxyl groups is 1. The molecule has 2 heterocycles. The predicted molar refractivity (Wildman–Crippen MR) is 113 cm³/mol. The van der Waals surface area contributed by atoms with Crippen LogP contribution in [-0.2, 0) is 0 Å². The number of nitrogens with one attached hydrogen (secondary N) is 1. The lowest BCUT2D eigenvalue weighted by Crippen LogP contribution is -1.95. The summed E-state index contributed by atoms with van der Waals surface area (Å²) in [6.07, 6.45) is 1.56. The first kappa shape index (κ1) is 18.9. The standard InChI is InChI=1S/C20H17N3O2S.ClH/c1-2-25-16-9-3-13(4-10-16)17-11-26-20-18(17)19(21-12-22-20)23-14-5-7-15(24)8-6-14;/h3-12,24H,2H2,1H3,(H,21,22,23);1H. The summed E-state index contributed by atoms with van der Waals surface area (Å²) < 4.78 is 5.52. The first-order valence-corrected chi connectivity index (χ1v) is 9.14. The minimum atomic E-state index is 0. The van der Waals surface area contributed by atoms with Gasteiger partial charge in [-0.2, -0.15) is 0 Å². The van der Waals surface area contributed by atoms with Crippen molar-refractivity contribution in [2.45, 2.75) is 6.92 Å². The van der Waals surface area contributed by atoms with Crippen LogP contribution in [0.1, 0.15) is 6.92 Å². The smallest absolute Gasteiger partial charge is 0.143 e. The summed E-state index contributed by atoms with van der Waals surface area (Å²) in [6.45, 7) is 2.62. The van der Waals surface area contributed by atoms with E-state index in [9.17, 15) is 5.11 Å². The molecule has 2 N–H and O–H groups in total. The van der Waals surface area contributed by atoms with Gasteiger partial charge in [-0.05, 0) is 48.9 Å². The van der Waals surface area contributed by atoms with Crippen molar-refractivity contribution >= 4 is 45.5 Å².